The van der Waals surface area contributed by atoms with E-state index >= 15 is 0 Å². The highest BCUT2D eigenvalue weighted by atomic mass is 19.1. The molecule has 4 N–H and O–H groups in total. The monoisotopic (exact) mass is 427 g/mol. The summed E-state index contributed by atoms with van der Waals surface area (Å²) in [6, 6.07) is 7.75. The van der Waals surface area contributed by atoms with Gasteiger partial charge >= 0.3 is 0 Å². The number of nitrogens with two attached hydrogens (primary N) is 1. The molecule has 1 heterocycles. The number of hydrogen-bond donors (Lipinski definition) is 3. The van der Waals surface area contributed by atoms with Crippen molar-refractivity contribution in [2.45, 2.75) is 37.6 Å². The average Bonchev–Trinajstić information content (AvgIpc) is 3.49. The highest BCUT2D eigenvalue weighted by Crippen LogP contribution is 2.48. The predicted octanol–water partition coefficient (Wildman–Crippen LogP) is 4.60. The Morgan fingerprint density at radius 1 is 1.10 bits per heavy atom. The van der Waals surface area contributed by atoms with E-state index in [1.807, 2.05) is 0 Å². The van der Waals surface area contributed by atoms with E-state index in [0.29, 0.717) is 23.5 Å². The molecule has 31 heavy (non-hydrogen) atoms. The lowest BCUT2D eigenvalue weighted by molar-refractivity contribution is -0.123. The van der Waals surface area contributed by atoms with Crippen LogP contribution < -0.4 is 11.1 Å². The molecule has 1 atom stereocenters. The molecule has 4 nitrogen and oxygen atoms in total. The van der Waals surface area contributed by atoms with Crippen molar-refractivity contribution < 1.29 is 18.0 Å². The second kappa shape index (κ2) is 7.71. The molecule has 162 valence electrons. The van der Waals surface area contributed by atoms with E-state index in [1.165, 1.54) is 18.2 Å². The highest BCUT2D eigenvalue weighted by molar-refractivity contribution is 5.92. The first kappa shape index (κ1) is 20.1. The van der Waals surface area contributed by atoms with Gasteiger partial charge in [-0.05, 0) is 84.9 Å². The van der Waals surface area contributed by atoms with Crippen LogP contribution in [0.4, 0.5) is 13.2 Å². The third-order valence-corrected chi connectivity index (χ3v) is 6.64. The van der Waals surface area contributed by atoms with E-state index < -0.39 is 17.7 Å². The van der Waals surface area contributed by atoms with Crippen LogP contribution in [0, 0.1) is 29.3 Å². The molecule has 0 spiro atoms. The number of benzene rings is 2. The summed E-state index contributed by atoms with van der Waals surface area (Å²) in [5.74, 6) is -1.06. The van der Waals surface area contributed by atoms with Crippen molar-refractivity contribution in [2.75, 3.05) is 6.54 Å². The lowest BCUT2D eigenvalue weighted by Crippen LogP contribution is -2.45. The summed E-state index contributed by atoms with van der Waals surface area (Å²) < 4.78 is 41.9. The van der Waals surface area contributed by atoms with Crippen molar-refractivity contribution in [3.63, 3.8) is 0 Å². The van der Waals surface area contributed by atoms with Crippen LogP contribution >= 0.6 is 0 Å². The zero-order valence-electron chi connectivity index (χ0n) is 16.9. The van der Waals surface area contributed by atoms with E-state index in [-0.39, 0.29) is 29.1 Å². The van der Waals surface area contributed by atoms with Gasteiger partial charge in [-0.15, -0.1) is 0 Å². The smallest absolute Gasteiger partial charge is 0.237 e. The van der Waals surface area contributed by atoms with Gasteiger partial charge < -0.3 is 16.0 Å². The number of aromatic nitrogens is 1. The summed E-state index contributed by atoms with van der Waals surface area (Å²) in [4.78, 5) is 15.2. The molecule has 0 unspecified atom stereocenters. The zero-order chi connectivity index (χ0) is 21.7. The quantitative estimate of drug-likeness (QED) is 0.538. The molecule has 3 aromatic rings. The van der Waals surface area contributed by atoms with Crippen LogP contribution in [0.3, 0.4) is 0 Å². The van der Waals surface area contributed by atoms with Crippen molar-refractivity contribution in [3.05, 3.63) is 59.4 Å². The van der Waals surface area contributed by atoms with Gasteiger partial charge in [0, 0.05) is 18.0 Å². The van der Waals surface area contributed by atoms with Gasteiger partial charge in [0.15, 0.2) is 0 Å². The summed E-state index contributed by atoms with van der Waals surface area (Å²) in [5, 5.41) is 3.46. The van der Waals surface area contributed by atoms with Crippen LogP contribution in [0.5, 0.6) is 0 Å². The zero-order valence-corrected chi connectivity index (χ0v) is 16.9. The van der Waals surface area contributed by atoms with Gasteiger partial charge in [0.2, 0.25) is 5.91 Å². The van der Waals surface area contributed by atoms with E-state index in [4.69, 9.17) is 5.73 Å². The number of amides is 1. The van der Waals surface area contributed by atoms with E-state index in [1.54, 1.807) is 12.1 Å². The summed E-state index contributed by atoms with van der Waals surface area (Å²) in [7, 11) is 0. The molecule has 1 aromatic heterocycles. The van der Waals surface area contributed by atoms with Crippen LogP contribution in [0.15, 0.2) is 36.4 Å². The Labute approximate surface area is 178 Å². The average molecular weight is 427 g/mol. The number of H-pyrrole nitrogens is 1. The molecule has 2 aliphatic rings. The van der Waals surface area contributed by atoms with Crippen molar-refractivity contribution in [2.24, 2.45) is 17.6 Å². The number of aromatic amines is 1. The molecular weight excluding hydrogens is 403 g/mol. The topological polar surface area (TPSA) is 70.9 Å². The molecule has 7 heteroatoms. The number of rotatable bonds is 6. The number of carbonyl (C=O) groups excluding carboxylic acids is 1. The van der Waals surface area contributed by atoms with Crippen molar-refractivity contribution >= 4 is 16.8 Å². The fourth-order valence-electron chi connectivity index (χ4n) is 4.68. The lowest BCUT2D eigenvalue weighted by atomic mass is 9.70. The molecule has 0 radical (unpaired) electrons. The van der Waals surface area contributed by atoms with Gasteiger partial charge in [0.25, 0.3) is 0 Å². The maximum atomic E-state index is 14.4. The summed E-state index contributed by atoms with van der Waals surface area (Å²) in [5.41, 5.74) is 8.45. The van der Waals surface area contributed by atoms with Crippen molar-refractivity contribution in [3.8, 4) is 11.3 Å². The molecule has 5 rings (SSSR count). The van der Waals surface area contributed by atoms with Gasteiger partial charge in [-0.2, -0.15) is 0 Å². The van der Waals surface area contributed by atoms with Crippen molar-refractivity contribution in [1.82, 2.24) is 10.3 Å². The SMILES string of the molecule is N[C@@H](C(=O)NCC1CC(c2c(-c3ccc(F)cc3)[nH]c3c(F)cc(F)cc23)C1)C1CC1. The molecule has 2 aromatic carbocycles. The minimum Gasteiger partial charge on any atom is -0.354 e. The Bertz CT molecular complexity index is 1130. The van der Waals surface area contributed by atoms with Gasteiger partial charge in [-0.3, -0.25) is 4.79 Å². The molecule has 0 bridgehead atoms. The normalized spacial score (nSPS) is 21.7. The first-order chi connectivity index (χ1) is 14.9. The van der Waals surface area contributed by atoms with Crippen LogP contribution in [-0.4, -0.2) is 23.5 Å². The van der Waals surface area contributed by atoms with Gasteiger partial charge in [-0.1, -0.05) is 0 Å². The Morgan fingerprint density at radius 2 is 1.81 bits per heavy atom. The second-order valence-corrected chi connectivity index (χ2v) is 8.87. The standard InChI is InChI=1S/C24H24F3N3O/c25-16-5-3-14(4-6-16)22-20(18-9-17(26)10-19(27)23(18)30-22)15-7-12(8-15)11-29-24(31)21(28)13-1-2-13/h3-6,9-10,12-13,15,21,30H,1-2,7-8,11,28H2,(H,29,31)/t12?,15?,21-/m1/s1. The first-order valence-electron chi connectivity index (χ1n) is 10.7. The third kappa shape index (κ3) is 3.82. The van der Waals surface area contributed by atoms with Gasteiger partial charge in [0.05, 0.1) is 17.3 Å². The van der Waals surface area contributed by atoms with Crippen molar-refractivity contribution in [1.29, 1.82) is 0 Å². The maximum Gasteiger partial charge on any atom is 0.237 e. The number of carbonyl (C=O) groups is 1. The summed E-state index contributed by atoms with van der Waals surface area (Å²) >= 11 is 0. The fraction of sp³-hybridized carbons (Fsp3) is 0.375. The Hall–Kier alpha value is -2.80. The summed E-state index contributed by atoms with van der Waals surface area (Å²) in [6.07, 6.45) is 3.61. The highest BCUT2D eigenvalue weighted by Gasteiger charge is 2.37. The minimum absolute atomic E-state index is 0.0917. The van der Waals surface area contributed by atoms with Crippen LogP contribution in [0.1, 0.15) is 37.2 Å². The Balaban J connectivity index is 1.38. The third-order valence-electron chi connectivity index (χ3n) is 6.64. The molecule has 2 fully saturated rings. The fourth-order valence-corrected chi connectivity index (χ4v) is 4.68. The molecule has 0 aliphatic heterocycles. The molecule has 2 aliphatic carbocycles. The molecular formula is C24H24F3N3O. The van der Waals surface area contributed by atoms with Crippen LogP contribution in [-0.2, 0) is 4.79 Å². The van der Waals surface area contributed by atoms with E-state index in [0.717, 1.165) is 42.9 Å². The largest absolute Gasteiger partial charge is 0.354 e. The second-order valence-electron chi connectivity index (χ2n) is 8.87. The Kier molecular flexibility index (Phi) is 5.01. The molecule has 0 saturated heterocycles. The number of nitrogens with one attached hydrogen (secondary N) is 2. The first-order valence-corrected chi connectivity index (χ1v) is 10.7. The van der Waals surface area contributed by atoms with E-state index in [2.05, 4.69) is 10.3 Å². The van der Waals surface area contributed by atoms with E-state index in [9.17, 15) is 18.0 Å². The summed E-state index contributed by atoms with van der Waals surface area (Å²) in [6.45, 7) is 0.548. The number of fused-ring (bicyclic) bond motifs is 1. The predicted molar refractivity (Wildman–Crippen MR) is 113 cm³/mol. The number of hydrogen-bond acceptors (Lipinski definition) is 2. The number of halogens is 3. The maximum absolute atomic E-state index is 14.4. The minimum atomic E-state index is -0.651. The lowest BCUT2D eigenvalue weighted by Gasteiger charge is -2.36. The molecule has 2 saturated carbocycles. The van der Waals surface area contributed by atoms with Crippen LogP contribution in [0.25, 0.3) is 22.2 Å². The van der Waals surface area contributed by atoms with Gasteiger partial charge in [-0.25, -0.2) is 13.2 Å². The van der Waals surface area contributed by atoms with Crippen LogP contribution in [0.2, 0.25) is 0 Å². The molecule has 1 amide bonds. The van der Waals surface area contributed by atoms with Gasteiger partial charge in [0.1, 0.15) is 17.5 Å². The Morgan fingerprint density at radius 3 is 2.48 bits per heavy atom.